The van der Waals surface area contributed by atoms with Gasteiger partial charge >= 0.3 is 0 Å². The molecule has 2 aromatic rings. The molecule has 4 rings (SSSR count). The third-order valence-electron chi connectivity index (χ3n) is 5.42. The van der Waals surface area contributed by atoms with E-state index in [1.165, 1.54) is 11.3 Å². The Balaban J connectivity index is 1.37. The Hall–Kier alpha value is -2.65. The molecule has 0 aliphatic carbocycles. The van der Waals surface area contributed by atoms with Crippen molar-refractivity contribution in [1.29, 1.82) is 5.26 Å². The van der Waals surface area contributed by atoms with Gasteiger partial charge in [-0.2, -0.15) is 5.26 Å². The molecule has 0 bridgehead atoms. The summed E-state index contributed by atoms with van der Waals surface area (Å²) in [5.74, 6) is 1.34. The minimum Gasteiger partial charge on any atom is -0.376 e. The van der Waals surface area contributed by atoms with Gasteiger partial charge < -0.3 is 20.1 Å². The number of ether oxygens (including phenoxy) is 2. The third kappa shape index (κ3) is 5.98. The molecule has 4 heterocycles. The fourth-order valence-electron chi connectivity index (χ4n) is 3.90. The van der Waals surface area contributed by atoms with E-state index in [0.717, 1.165) is 31.6 Å². The number of nitrogens with one attached hydrogen (secondary N) is 2. The first-order valence-electron chi connectivity index (χ1n) is 10.8. The number of amides is 1. The Labute approximate surface area is 191 Å². The number of hydrogen-bond donors (Lipinski definition) is 2. The molecule has 2 N–H and O–H groups in total. The lowest BCUT2D eigenvalue weighted by molar-refractivity contribution is -0.0855. The molecule has 2 aliphatic rings. The Morgan fingerprint density at radius 2 is 2.28 bits per heavy atom. The highest BCUT2D eigenvalue weighted by Crippen LogP contribution is 2.28. The molecule has 0 unspecified atom stereocenters. The molecule has 0 spiro atoms. The van der Waals surface area contributed by atoms with Gasteiger partial charge in [0.25, 0.3) is 5.91 Å². The number of nitriles is 1. The Morgan fingerprint density at radius 3 is 3.09 bits per heavy atom. The number of aromatic nitrogens is 3. The molecule has 10 nitrogen and oxygen atoms in total. The van der Waals surface area contributed by atoms with E-state index in [9.17, 15) is 4.79 Å². The SMILES string of the molecule is Cc1nc(Nc2nc(C(=O)NC[C@@H]3COCCO3)cs2)cc([C@@H]2CCCN(CC#N)C2)n1. The van der Waals surface area contributed by atoms with E-state index < -0.39 is 0 Å². The molecule has 2 atom stereocenters. The number of hydrogen-bond acceptors (Lipinski definition) is 10. The second kappa shape index (κ2) is 10.8. The van der Waals surface area contributed by atoms with Crippen molar-refractivity contribution >= 4 is 28.2 Å². The molecule has 32 heavy (non-hydrogen) atoms. The number of piperidine rings is 1. The van der Waals surface area contributed by atoms with Crippen molar-refractivity contribution in [3.05, 3.63) is 28.7 Å². The summed E-state index contributed by atoms with van der Waals surface area (Å²) in [4.78, 5) is 28.1. The minimum absolute atomic E-state index is 0.129. The Bertz CT molecular complexity index is 971. The van der Waals surface area contributed by atoms with Crippen LogP contribution in [0.5, 0.6) is 0 Å². The van der Waals surface area contributed by atoms with Gasteiger partial charge in [-0.15, -0.1) is 11.3 Å². The Kier molecular flexibility index (Phi) is 7.59. The first-order chi connectivity index (χ1) is 15.6. The van der Waals surface area contributed by atoms with E-state index in [1.807, 2.05) is 13.0 Å². The van der Waals surface area contributed by atoms with Crippen molar-refractivity contribution in [1.82, 2.24) is 25.2 Å². The zero-order chi connectivity index (χ0) is 22.3. The molecule has 2 saturated heterocycles. The molecule has 0 saturated carbocycles. The number of aryl methyl sites for hydroxylation is 1. The van der Waals surface area contributed by atoms with Crippen LogP contribution in [0.4, 0.5) is 10.9 Å². The van der Waals surface area contributed by atoms with Crippen LogP contribution in [0.3, 0.4) is 0 Å². The van der Waals surface area contributed by atoms with E-state index in [2.05, 4.69) is 36.6 Å². The zero-order valence-electron chi connectivity index (χ0n) is 18.0. The number of carbonyl (C=O) groups excluding carboxylic acids is 1. The molecule has 1 amide bonds. The van der Waals surface area contributed by atoms with Gasteiger partial charge in [0, 0.05) is 30.5 Å². The van der Waals surface area contributed by atoms with Gasteiger partial charge in [0.15, 0.2) is 5.13 Å². The number of carbonyl (C=O) groups is 1. The van der Waals surface area contributed by atoms with E-state index in [1.54, 1.807) is 5.38 Å². The fraction of sp³-hybridized carbons (Fsp3) is 0.571. The van der Waals surface area contributed by atoms with Gasteiger partial charge in [0.2, 0.25) is 0 Å². The lowest BCUT2D eigenvalue weighted by Crippen LogP contribution is -2.39. The van der Waals surface area contributed by atoms with Crippen molar-refractivity contribution in [3.8, 4) is 6.07 Å². The van der Waals surface area contributed by atoms with Crippen molar-refractivity contribution in [2.75, 3.05) is 51.3 Å². The molecular formula is C21H27N7O3S. The summed E-state index contributed by atoms with van der Waals surface area (Å²) in [6.45, 7) is 6.08. The minimum atomic E-state index is -0.247. The average Bonchev–Trinajstić information content (AvgIpc) is 3.27. The van der Waals surface area contributed by atoms with Gasteiger partial charge in [-0.25, -0.2) is 15.0 Å². The van der Waals surface area contributed by atoms with Crippen molar-refractivity contribution in [2.24, 2.45) is 0 Å². The maximum absolute atomic E-state index is 12.4. The normalized spacial score (nSPS) is 21.6. The van der Waals surface area contributed by atoms with Gasteiger partial charge in [-0.05, 0) is 26.3 Å². The summed E-state index contributed by atoms with van der Waals surface area (Å²) < 4.78 is 10.9. The van der Waals surface area contributed by atoms with Gasteiger partial charge in [-0.1, -0.05) is 0 Å². The second-order valence-electron chi connectivity index (χ2n) is 7.90. The highest BCUT2D eigenvalue weighted by molar-refractivity contribution is 7.14. The van der Waals surface area contributed by atoms with Crippen molar-refractivity contribution in [2.45, 2.75) is 31.8 Å². The highest BCUT2D eigenvalue weighted by atomic mass is 32.1. The second-order valence-corrected chi connectivity index (χ2v) is 8.76. The maximum Gasteiger partial charge on any atom is 0.270 e. The van der Waals surface area contributed by atoms with Gasteiger partial charge in [0.1, 0.15) is 17.3 Å². The van der Waals surface area contributed by atoms with Crippen LogP contribution in [0.1, 0.15) is 40.8 Å². The van der Waals surface area contributed by atoms with Crippen molar-refractivity contribution in [3.63, 3.8) is 0 Å². The largest absolute Gasteiger partial charge is 0.376 e. The van der Waals surface area contributed by atoms with E-state index in [0.29, 0.717) is 55.4 Å². The van der Waals surface area contributed by atoms with E-state index in [4.69, 9.17) is 14.7 Å². The molecule has 0 aromatic carbocycles. The summed E-state index contributed by atoms with van der Waals surface area (Å²) in [6, 6.07) is 4.17. The lowest BCUT2D eigenvalue weighted by Gasteiger charge is -2.30. The van der Waals surface area contributed by atoms with Crippen molar-refractivity contribution < 1.29 is 14.3 Å². The predicted molar refractivity (Wildman–Crippen MR) is 119 cm³/mol. The number of thiazole rings is 1. The zero-order valence-corrected chi connectivity index (χ0v) is 18.9. The highest BCUT2D eigenvalue weighted by Gasteiger charge is 2.23. The number of rotatable bonds is 7. The van der Waals surface area contributed by atoms with Gasteiger partial charge in [-0.3, -0.25) is 9.69 Å². The molecular weight excluding hydrogens is 430 g/mol. The van der Waals surface area contributed by atoms with Crippen LogP contribution in [0, 0.1) is 18.3 Å². The first kappa shape index (κ1) is 22.5. The van der Waals surface area contributed by atoms with Crippen LogP contribution >= 0.6 is 11.3 Å². The quantitative estimate of drug-likeness (QED) is 0.599. The van der Waals surface area contributed by atoms with E-state index in [-0.39, 0.29) is 17.9 Å². The third-order valence-corrected chi connectivity index (χ3v) is 6.18. The van der Waals surface area contributed by atoms with Crippen LogP contribution in [-0.4, -0.2) is 77.9 Å². The Morgan fingerprint density at radius 1 is 1.38 bits per heavy atom. The van der Waals surface area contributed by atoms with Crippen LogP contribution in [0.25, 0.3) is 0 Å². The molecule has 2 aliphatic heterocycles. The molecule has 2 aromatic heterocycles. The number of likely N-dealkylation sites (tertiary alicyclic amines) is 1. The predicted octanol–water partition coefficient (Wildman–Crippen LogP) is 1.83. The molecule has 170 valence electrons. The summed E-state index contributed by atoms with van der Waals surface area (Å²) in [5.41, 5.74) is 1.31. The number of nitrogens with zero attached hydrogens (tertiary/aromatic N) is 5. The fourth-order valence-corrected chi connectivity index (χ4v) is 4.60. The van der Waals surface area contributed by atoms with Crippen LogP contribution in [0.2, 0.25) is 0 Å². The van der Waals surface area contributed by atoms with Crippen LogP contribution < -0.4 is 10.6 Å². The maximum atomic E-state index is 12.4. The topological polar surface area (TPSA) is 125 Å². The first-order valence-corrected chi connectivity index (χ1v) is 11.6. The molecule has 2 fully saturated rings. The average molecular weight is 458 g/mol. The molecule has 0 radical (unpaired) electrons. The summed E-state index contributed by atoms with van der Waals surface area (Å²) in [5, 5.41) is 17.3. The van der Waals surface area contributed by atoms with Gasteiger partial charge in [0.05, 0.1) is 44.2 Å². The monoisotopic (exact) mass is 457 g/mol. The molecule has 11 heteroatoms. The van der Waals surface area contributed by atoms with Crippen LogP contribution in [0.15, 0.2) is 11.4 Å². The lowest BCUT2D eigenvalue weighted by atomic mass is 9.94. The number of anilines is 2. The smallest absolute Gasteiger partial charge is 0.270 e. The summed E-state index contributed by atoms with van der Waals surface area (Å²) >= 11 is 1.34. The van der Waals surface area contributed by atoms with E-state index >= 15 is 0 Å². The van der Waals surface area contributed by atoms with Crippen LogP contribution in [-0.2, 0) is 9.47 Å². The standard InChI is InChI=1S/C21H27N7O3S/c1-14-24-17(15-3-2-5-28(11-15)6-4-22)9-19(25-14)27-21-26-18(13-32-21)20(29)23-10-16-12-30-7-8-31-16/h9,13,15-16H,2-3,5-8,10-12H2,1H3,(H,23,29)(H,24,25,26,27)/t15-,16-/m1/s1. The summed E-state index contributed by atoms with van der Waals surface area (Å²) in [7, 11) is 0. The summed E-state index contributed by atoms with van der Waals surface area (Å²) in [6.07, 6.45) is 1.95.